The molecule has 0 saturated carbocycles. The number of hydrogen-bond donors (Lipinski definition) is 2. The summed E-state index contributed by atoms with van der Waals surface area (Å²) in [5.41, 5.74) is 6.33. The Labute approximate surface area is 134 Å². The zero-order valence-corrected chi connectivity index (χ0v) is 13.9. The highest BCUT2D eigenvalue weighted by atomic mass is 35.5. The van der Waals surface area contributed by atoms with Crippen LogP contribution < -0.4 is 15.2 Å². The van der Waals surface area contributed by atoms with Crippen LogP contribution in [0.25, 0.3) is 0 Å². The Bertz CT molecular complexity index is 693. The van der Waals surface area contributed by atoms with Gasteiger partial charge in [-0.05, 0) is 12.5 Å². The van der Waals surface area contributed by atoms with Crippen molar-refractivity contribution in [2.75, 3.05) is 32.2 Å². The average molecular weight is 348 g/mol. The molecule has 122 valence electrons. The van der Waals surface area contributed by atoms with E-state index in [-0.39, 0.29) is 17.0 Å². The Balaban J connectivity index is 2.18. The molecule has 1 atom stereocenters. The maximum atomic E-state index is 12.6. The van der Waals surface area contributed by atoms with Crippen LogP contribution in [0, 0.1) is 0 Å². The summed E-state index contributed by atoms with van der Waals surface area (Å²) >= 11 is 5.97. The second-order valence-corrected chi connectivity index (χ2v) is 7.39. The van der Waals surface area contributed by atoms with E-state index < -0.39 is 10.0 Å². The number of likely N-dealkylation sites (tertiary alicyclic amines) is 1. The third-order valence-corrected chi connectivity index (χ3v) is 4.49. The Morgan fingerprint density at radius 3 is 2.77 bits per heavy atom. The van der Waals surface area contributed by atoms with Crippen LogP contribution in [0.2, 0.25) is 5.02 Å². The summed E-state index contributed by atoms with van der Waals surface area (Å²) in [6, 6.07) is 2.68. The number of nitrogens with two attached hydrogens (primary N) is 1. The van der Waals surface area contributed by atoms with Crippen molar-refractivity contribution in [2.24, 2.45) is 0 Å². The first kappa shape index (κ1) is 16.9. The lowest BCUT2D eigenvalue weighted by atomic mass is 10.1. The Morgan fingerprint density at radius 1 is 1.50 bits per heavy atom. The summed E-state index contributed by atoms with van der Waals surface area (Å²) in [5, 5.41) is 0.272. The lowest BCUT2D eigenvalue weighted by molar-refractivity contribution is 0.0787. The molecule has 0 bridgehead atoms. The van der Waals surface area contributed by atoms with Crippen LogP contribution >= 0.6 is 11.6 Å². The fourth-order valence-electron chi connectivity index (χ4n) is 2.42. The minimum Gasteiger partial charge on any atom is -0.496 e. The highest BCUT2D eigenvalue weighted by Crippen LogP contribution is 2.30. The second-order valence-electron chi connectivity index (χ2n) is 5.20. The van der Waals surface area contributed by atoms with Gasteiger partial charge in [0.05, 0.1) is 29.6 Å². The van der Waals surface area contributed by atoms with Crippen molar-refractivity contribution < 1.29 is 17.9 Å². The Kier molecular flexibility index (Phi) is 4.84. The van der Waals surface area contributed by atoms with E-state index in [2.05, 4.69) is 4.72 Å². The summed E-state index contributed by atoms with van der Waals surface area (Å²) in [6.45, 7) is 0.758. The molecule has 1 aliphatic rings. The van der Waals surface area contributed by atoms with Crippen LogP contribution in [-0.2, 0) is 10.0 Å². The van der Waals surface area contributed by atoms with Crippen LogP contribution in [0.3, 0.4) is 0 Å². The largest absolute Gasteiger partial charge is 0.496 e. The summed E-state index contributed by atoms with van der Waals surface area (Å²) in [7, 11) is -1.85. The number of benzene rings is 1. The molecule has 9 heteroatoms. The first-order valence-electron chi connectivity index (χ1n) is 6.61. The molecule has 1 unspecified atom stereocenters. The Morgan fingerprint density at radius 2 is 2.18 bits per heavy atom. The van der Waals surface area contributed by atoms with E-state index in [1.165, 1.54) is 19.2 Å². The number of nitrogens with zero attached hydrogens (tertiary/aromatic N) is 1. The van der Waals surface area contributed by atoms with E-state index in [4.69, 9.17) is 22.1 Å². The zero-order chi connectivity index (χ0) is 16.5. The van der Waals surface area contributed by atoms with Gasteiger partial charge in [-0.1, -0.05) is 11.6 Å². The van der Waals surface area contributed by atoms with Crippen LogP contribution in [0.1, 0.15) is 16.8 Å². The van der Waals surface area contributed by atoms with E-state index in [1.807, 2.05) is 0 Å². The normalized spacial score (nSPS) is 18.5. The van der Waals surface area contributed by atoms with Crippen LogP contribution in [0.15, 0.2) is 12.1 Å². The molecule has 1 heterocycles. The third kappa shape index (κ3) is 3.82. The number of carbonyl (C=O) groups excluding carboxylic acids is 1. The molecule has 0 spiro atoms. The number of nitrogens with one attached hydrogen (secondary N) is 1. The molecule has 1 amide bonds. The highest BCUT2D eigenvalue weighted by molar-refractivity contribution is 7.88. The number of amides is 1. The quantitative estimate of drug-likeness (QED) is 0.780. The highest BCUT2D eigenvalue weighted by Gasteiger charge is 2.30. The number of nitrogen functional groups attached to an aromatic ring is 1. The molecule has 0 aromatic heterocycles. The minimum absolute atomic E-state index is 0.267. The number of ether oxygens (including phenoxy) is 1. The molecule has 2 rings (SSSR count). The summed E-state index contributed by atoms with van der Waals surface area (Å²) < 4.78 is 30.2. The number of halogens is 1. The van der Waals surface area contributed by atoms with Gasteiger partial charge >= 0.3 is 0 Å². The van der Waals surface area contributed by atoms with Gasteiger partial charge in [0.2, 0.25) is 10.0 Å². The fraction of sp³-hybridized carbons (Fsp3) is 0.462. The van der Waals surface area contributed by atoms with E-state index in [0.29, 0.717) is 36.5 Å². The maximum absolute atomic E-state index is 12.6. The van der Waals surface area contributed by atoms with E-state index in [0.717, 1.165) is 6.26 Å². The van der Waals surface area contributed by atoms with Crippen LogP contribution in [0.4, 0.5) is 5.69 Å². The van der Waals surface area contributed by atoms with Crippen molar-refractivity contribution in [3.63, 3.8) is 0 Å². The SMILES string of the molecule is COc1cc(N)c(Cl)cc1C(=O)N1CCC(NS(C)(=O)=O)C1. The molecule has 0 radical (unpaired) electrons. The molecule has 22 heavy (non-hydrogen) atoms. The van der Waals surface area contributed by atoms with Gasteiger partial charge in [0.15, 0.2) is 0 Å². The first-order chi connectivity index (χ1) is 10.2. The van der Waals surface area contributed by atoms with Crippen molar-refractivity contribution >= 4 is 33.2 Å². The van der Waals surface area contributed by atoms with Gasteiger partial charge in [-0.25, -0.2) is 13.1 Å². The molecule has 1 aromatic rings. The van der Waals surface area contributed by atoms with Crippen molar-refractivity contribution in [1.82, 2.24) is 9.62 Å². The Hall–Kier alpha value is -1.51. The molecule has 1 aliphatic heterocycles. The number of hydrogen-bond acceptors (Lipinski definition) is 5. The molecule has 1 saturated heterocycles. The number of sulfonamides is 1. The molecule has 1 fully saturated rings. The summed E-state index contributed by atoms with van der Waals surface area (Å²) in [6.07, 6.45) is 1.66. The maximum Gasteiger partial charge on any atom is 0.257 e. The predicted octanol–water partition coefficient (Wildman–Crippen LogP) is 0.694. The molecule has 0 aliphatic carbocycles. The molecule has 7 nitrogen and oxygen atoms in total. The third-order valence-electron chi connectivity index (χ3n) is 3.41. The predicted molar refractivity (Wildman–Crippen MR) is 84.7 cm³/mol. The van der Waals surface area contributed by atoms with Gasteiger partial charge in [0.1, 0.15) is 5.75 Å². The van der Waals surface area contributed by atoms with Crippen molar-refractivity contribution in [2.45, 2.75) is 12.5 Å². The monoisotopic (exact) mass is 347 g/mol. The van der Waals surface area contributed by atoms with Gasteiger partial charge in [-0.2, -0.15) is 0 Å². The van der Waals surface area contributed by atoms with Crippen molar-refractivity contribution in [1.29, 1.82) is 0 Å². The topological polar surface area (TPSA) is 102 Å². The molecular weight excluding hydrogens is 330 g/mol. The van der Waals surface area contributed by atoms with Gasteiger partial charge < -0.3 is 15.4 Å². The lowest BCUT2D eigenvalue weighted by Crippen LogP contribution is -2.38. The van der Waals surface area contributed by atoms with Crippen molar-refractivity contribution in [3.8, 4) is 5.75 Å². The number of carbonyl (C=O) groups is 1. The van der Waals surface area contributed by atoms with E-state index in [9.17, 15) is 13.2 Å². The second kappa shape index (κ2) is 6.31. The van der Waals surface area contributed by atoms with Gasteiger partial charge in [0.25, 0.3) is 5.91 Å². The van der Waals surface area contributed by atoms with Gasteiger partial charge in [-0.3, -0.25) is 4.79 Å². The lowest BCUT2D eigenvalue weighted by Gasteiger charge is -2.19. The fourth-order valence-corrected chi connectivity index (χ4v) is 3.38. The number of rotatable bonds is 4. The van der Waals surface area contributed by atoms with Gasteiger partial charge in [-0.15, -0.1) is 0 Å². The van der Waals surface area contributed by atoms with E-state index >= 15 is 0 Å². The molecule has 1 aromatic carbocycles. The number of anilines is 1. The summed E-state index contributed by atoms with van der Waals surface area (Å²) in [5.74, 6) is 0.0722. The molecular formula is C13H18ClN3O4S. The number of methoxy groups -OCH3 is 1. The zero-order valence-electron chi connectivity index (χ0n) is 12.3. The molecule has 3 N–H and O–H groups in total. The van der Waals surface area contributed by atoms with E-state index in [1.54, 1.807) is 4.90 Å². The van der Waals surface area contributed by atoms with Crippen molar-refractivity contribution in [3.05, 3.63) is 22.7 Å². The van der Waals surface area contributed by atoms with Gasteiger partial charge in [0, 0.05) is 25.2 Å². The standard InChI is InChI=1S/C13H18ClN3O4S/c1-21-12-6-11(15)10(14)5-9(12)13(18)17-4-3-8(7-17)16-22(2,19)20/h5-6,8,16H,3-4,7,15H2,1-2H3. The minimum atomic E-state index is -3.30. The smallest absolute Gasteiger partial charge is 0.257 e. The average Bonchev–Trinajstić information content (AvgIpc) is 2.86. The summed E-state index contributed by atoms with van der Waals surface area (Å²) in [4.78, 5) is 14.1. The first-order valence-corrected chi connectivity index (χ1v) is 8.88. The van der Waals surface area contributed by atoms with Crippen LogP contribution in [0.5, 0.6) is 5.75 Å². The van der Waals surface area contributed by atoms with Crippen LogP contribution in [-0.4, -0.2) is 51.7 Å².